The Labute approximate surface area is 184 Å². The molecule has 0 saturated carbocycles. The minimum Gasteiger partial charge on any atom is -0.357 e. The van der Waals surface area contributed by atoms with Crippen molar-refractivity contribution in [1.82, 2.24) is 15.5 Å². The molecule has 0 radical (unpaired) electrons. The van der Waals surface area contributed by atoms with Gasteiger partial charge in [-0.25, -0.2) is 4.99 Å². The lowest BCUT2D eigenvalue weighted by Gasteiger charge is -2.18. The van der Waals surface area contributed by atoms with Gasteiger partial charge in [-0.3, -0.25) is 4.79 Å². The second-order valence-corrected chi connectivity index (χ2v) is 9.02. The molecular weight excluding hydrogens is 392 g/mol. The minimum absolute atomic E-state index is 0.258. The number of carbonyl (C=O) groups is 1. The zero-order valence-electron chi connectivity index (χ0n) is 17.9. The van der Waals surface area contributed by atoms with Crippen LogP contribution in [0.2, 0.25) is 0 Å². The van der Waals surface area contributed by atoms with E-state index in [1.54, 1.807) is 0 Å². The SMILES string of the molecule is CCNC(=NCc1ccccc1CN1CCCC1=O)NCC(C)Sc1ccccc1. The van der Waals surface area contributed by atoms with E-state index < -0.39 is 0 Å². The molecule has 1 fully saturated rings. The molecule has 0 spiro atoms. The van der Waals surface area contributed by atoms with Crippen LogP contribution in [0, 0.1) is 0 Å². The van der Waals surface area contributed by atoms with Crippen molar-refractivity contribution in [3.05, 3.63) is 65.7 Å². The third-order valence-corrected chi connectivity index (χ3v) is 6.15. The van der Waals surface area contributed by atoms with E-state index in [1.165, 1.54) is 16.0 Å². The molecule has 1 atom stereocenters. The van der Waals surface area contributed by atoms with Crippen molar-refractivity contribution in [2.24, 2.45) is 4.99 Å². The van der Waals surface area contributed by atoms with Crippen molar-refractivity contribution in [1.29, 1.82) is 0 Å². The predicted molar refractivity (Wildman–Crippen MR) is 126 cm³/mol. The maximum absolute atomic E-state index is 12.0. The number of nitrogens with one attached hydrogen (secondary N) is 2. The summed E-state index contributed by atoms with van der Waals surface area (Å²) in [6, 6.07) is 18.8. The van der Waals surface area contributed by atoms with E-state index in [9.17, 15) is 4.79 Å². The number of nitrogens with zero attached hydrogens (tertiary/aromatic N) is 2. The van der Waals surface area contributed by atoms with Gasteiger partial charge in [0.05, 0.1) is 6.54 Å². The summed E-state index contributed by atoms with van der Waals surface area (Å²) in [4.78, 5) is 20.0. The van der Waals surface area contributed by atoms with Crippen LogP contribution in [-0.2, 0) is 17.9 Å². The van der Waals surface area contributed by atoms with Gasteiger partial charge in [0.1, 0.15) is 0 Å². The molecule has 160 valence electrons. The number of hydrogen-bond acceptors (Lipinski definition) is 3. The molecule has 30 heavy (non-hydrogen) atoms. The van der Waals surface area contributed by atoms with Crippen LogP contribution in [0.3, 0.4) is 0 Å². The Balaban J connectivity index is 1.58. The lowest BCUT2D eigenvalue weighted by atomic mass is 10.1. The molecule has 5 nitrogen and oxygen atoms in total. The number of rotatable bonds is 9. The van der Waals surface area contributed by atoms with Gasteiger partial charge < -0.3 is 15.5 Å². The molecule has 0 bridgehead atoms. The Morgan fingerprint density at radius 2 is 1.83 bits per heavy atom. The molecule has 1 aliphatic heterocycles. The summed E-state index contributed by atoms with van der Waals surface area (Å²) >= 11 is 1.86. The summed E-state index contributed by atoms with van der Waals surface area (Å²) in [7, 11) is 0. The van der Waals surface area contributed by atoms with Crippen molar-refractivity contribution in [3.8, 4) is 0 Å². The van der Waals surface area contributed by atoms with Gasteiger partial charge in [-0.15, -0.1) is 11.8 Å². The van der Waals surface area contributed by atoms with Gasteiger partial charge in [0.25, 0.3) is 0 Å². The average Bonchev–Trinajstić information content (AvgIpc) is 3.16. The first-order chi connectivity index (χ1) is 14.7. The largest absolute Gasteiger partial charge is 0.357 e. The van der Waals surface area contributed by atoms with Gasteiger partial charge in [-0.05, 0) is 36.6 Å². The second-order valence-electron chi connectivity index (χ2n) is 7.51. The zero-order valence-corrected chi connectivity index (χ0v) is 18.8. The maximum Gasteiger partial charge on any atom is 0.222 e. The molecule has 2 N–H and O–H groups in total. The molecule has 0 aromatic heterocycles. The number of carbonyl (C=O) groups excluding carboxylic acids is 1. The number of amides is 1. The number of benzene rings is 2. The standard InChI is InChI=1S/C24H32N4OS/c1-3-25-24(26-16-19(2)30-22-12-5-4-6-13-22)27-17-20-10-7-8-11-21(20)18-28-15-9-14-23(28)29/h4-8,10-13,19H,3,9,14-18H2,1-2H3,(H2,25,26,27). The monoisotopic (exact) mass is 424 g/mol. The fourth-order valence-corrected chi connectivity index (χ4v) is 4.41. The molecule has 6 heteroatoms. The van der Waals surface area contributed by atoms with Gasteiger partial charge in [0.2, 0.25) is 5.91 Å². The van der Waals surface area contributed by atoms with E-state index >= 15 is 0 Å². The summed E-state index contributed by atoms with van der Waals surface area (Å²) < 4.78 is 0. The van der Waals surface area contributed by atoms with Crippen molar-refractivity contribution in [2.75, 3.05) is 19.6 Å². The molecular formula is C24H32N4OS. The van der Waals surface area contributed by atoms with Crippen LogP contribution in [0.25, 0.3) is 0 Å². The predicted octanol–water partition coefficient (Wildman–Crippen LogP) is 4.04. The molecule has 3 rings (SSSR count). The van der Waals surface area contributed by atoms with E-state index in [0.29, 0.717) is 24.8 Å². The number of thioether (sulfide) groups is 1. The number of likely N-dealkylation sites (tertiary alicyclic amines) is 1. The Kier molecular flexibility index (Phi) is 8.63. The first-order valence-corrected chi connectivity index (χ1v) is 11.6. The van der Waals surface area contributed by atoms with Gasteiger partial charge in [0, 0.05) is 42.7 Å². The first kappa shape index (κ1) is 22.2. The Morgan fingerprint density at radius 1 is 1.10 bits per heavy atom. The highest BCUT2D eigenvalue weighted by molar-refractivity contribution is 8.00. The summed E-state index contributed by atoms with van der Waals surface area (Å²) in [5.74, 6) is 1.08. The highest BCUT2D eigenvalue weighted by Crippen LogP contribution is 2.22. The van der Waals surface area contributed by atoms with E-state index in [-0.39, 0.29) is 5.91 Å². The van der Waals surface area contributed by atoms with Crippen molar-refractivity contribution in [3.63, 3.8) is 0 Å². The zero-order chi connectivity index (χ0) is 21.2. The van der Waals surface area contributed by atoms with Crippen LogP contribution in [0.4, 0.5) is 0 Å². The summed E-state index contributed by atoms with van der Waals surface area (Å²) in [5, 5.41) is 7.22. The lowest BCUT2D eigenvalue weighted by molar-refractivity contribution is -0.128. The fourth-order valence-electron chi connectivity index (χ4n) is 3.46. The number of hydrogen-bond donors (Lipinski definition) is 2. The molecule has 1 saturated heterocycles. The molecule has 0 aliphatic carbocycles. The maximum atomic E-state index is 12.0. The van der Waals surface area contributed by atoms with Gasteiger partial charge in [0.15, 0.2) is 5.96 Å². The lowest BCUT2D eigenvalue weighted by Crippen LogP contribution is -2.40. The van der Waals surface area contributed by atoms with Crippen LogP contribution in [-0.4, -0.2) is 41.7 Å². The Hall–Kier alpha value is -2.47. The molecule has 2 aromatic carbocycles. The molecule has 2 aromatic rings. The average molecular weight is 425 g/mol. The van der Waals surface area contributed by atoms with Gasteiger partial charge >= 0.3 is 0 Å². The smallest absolute Gasteiger partial charge is 0.222 e. The summed E-state index contributed by atoms with van der Waals surface area (Å²) in [5.41, 5.74) is 2.35. The van der Waals surface area contributed by atoms with E-state index in [0.717, 1.165) is 32.0 Å². The molecule has 1 heterocycles. The van der Waals surface area contributed by atoms with Crippen LogP contribution in [0.5, 0.6) is 0 Å². The molecule has 1 aliphatic rings. The van der Waals surface area contributed by atoms with Gasteiger partial charge in [-0.2, -0.15) is 0 Å². The minimum atomic E-state index is 0.258. The van der Waals surface area contributed by atoms with E-state index in [1.807, 2.05) is 34.9 Å². The quantitative estimate of drug-likeness (QED) is 0.362. The van der Waals surface area contributed by atoms with Crippen LogP contribution in [0.1, 0.15) is 37.8 Å². The van der Waals surface area contributed by atoms with Crippen LogP contribution in [0.15, 0.2) is 64.5 Å². The topological polar surface area (TPSA) is 56.7 Å². The summed E-state index contributed by atoms with van der Waals surface area (Å²) in [6.45, 7) is 8.07. The first-order valence-electron chi connectivity index (χ1n) is 10.7. The number of guanidine groups is 1. The van der Waals surface area contributed by atoms with Gasteiger partial charge in [-0.1, -0.05) is 49.4 Å². The van der Waals surface area contributed by atoms with E-state index in [2.05, 4.69) is 60.9 Å². The van der Waals surface area contributed by atoms with Crippen molar-refractivity contribution < 1.29 is 4.79 Å². The normalized spacial score (nSPS) is 15.3. The molecule has 1 unspecified atom stereocenters. The van der Waals surface area contributed by atoms with Crippen LogP contribution < -0.4 is 10.6 Å². The second kappa shape index (κ2) is 11.6. The van der Waals surface area contributed by atoms with E-state index in [4.69, 9.17) is 4.99 Å². The fraction of sp³-hybridized carbons (Fsp3) is 0.417. The molecule has 1 amide bonds. The third kappa shape index (κ3) is 6.80. The number of aliphatic imine (C=N–C) groups is 1. The van der Waals surface area contributed by atoms with Crippen molar-refractivity contribution >= 4 is 23.6 Å². The highest BCUT2D eigenvalue weighted by atomic mass is 32.2. The Bertz CT molecular complexity index is 840. The van der Waals surface area contributed by atoms with Crippen LogP contribution >= 0.6 is 11.8 Å². The van der Waals surface area contributed by atoms with Crippen molar-refractivity contribution in [2.45, 2.75) is 49.9 Å². The Morgan fingerprint density at radius 3 is 2.53 bits per heavy atom. The highest BCUT2D eigenvalue weighted by Gasteiger charge is 2.20. The third-order valence-electron chi connectivity index (χ3n) is 5.04. The summed E-state index contributed by atoms with van der Waals surface area (Å²) in [6.07, 6.45) is 1.64.